The molecule has 0 bridgehead atoms. The van der Waals surface area contributed by atoms with E-state index in [4.69, 9.17) is 14.5 Å². The van der Waals surface area contributed by atoms with E-state index in [-0.39, 0.29) is 5.91 Å². The van der Waals surface area contributed by atoms with Crippen LogP contribution in [0.5, 0.6) is 5.75 Å². The quantitative estimate of drug-likeness (QED) is 0.301. The van der Waals surface area contributed by atoms with Gasteiger partial charge in [-0.25, -0.2) is 4.98 Å². The standard InChI is InChI=1S/C25H25IN4O3S/c1-27-25(31)17-5-2-4-16-18-14-34-15-19(18)24(29-23(16)17)28-20-6-3-7-21(22(20)26)33-13-10-30-8-11-32-12-9-30/h2-7,14-15H,8-13H2,1H3,(H,27,31)(H,28,29). The molecule has 2 aromatic carbocycles. The van der Waals surface area contributed by atoms with E-state index in [1.165, 1.54) is 0 Å². The van der Waals surface area contributed by atoms with Crippen molar-refractivity contribution in [2.24, 2.45) is 0 Å². The van der Waals surface area contributed by atoms with Gasteiger partial charge < -0.3 is 20.1 Å². The number of morpholine rings is 1. The summed E-state index contributed by atoms with van der Waals surface area (Å²) in [5.41, 5.74) is 2.16. The van der Waals surface area contributed by atoms with Crippen LogP contribution < -0.4 is 15.4 Å². The molecule has 1 aliphatic rings. The molecule has 5 rings (SSSR count). The van der Waals surface area contributed by atoms with Crippen LogP contribution in [-0.4, -0.2) is 62.3 Å². The average Bonchev–Trinajstić information content (AvgIpc) is 3.37. The normalized spacial score (nSPS) is 14.4. The Kier molecular flexibility index (Phi) is 7.14. The summed E-state index contributed by atoms with van der Waals surface area (Å²) in [4.78, 5) is 19.7. The van der Waals surface area contributed by atoms with Crippen molar-refractivity contribution >= 4 is 73.0 Å². The summed E-state index contributed by atoms with van der Waals surface area (Å²) >= 11 is 3.94. The zero-order chi connectivity index (χ0) is 23.5. The van der Waals surface area contributed by atoms with E-state index in [2.05, 4.69) is 48.9 Å². The summed E-state index contributed by atoms with van der Waals surface area (Å²) in [7, 11) is 1.64. The zero-order valence-electron chi connectivity index (χ0n) is 18.8. The lowest BCUT2D eigenvalue weighted by Crippen LogP contribution is -2.38. The third-order valence-corrected chi connectivity index (χ3v) is 7.78. The highest BCUT2D eigenvalue weighted by molar-refractivity contribution is 14.1. The van der Waals surface area contributed by atoms with Gasteiger partial charge >= 0.3 is 0 Å². The van der Waals surface area contributed by atoms with Gasteiger partial charge in [-0.05, 0) is 46.2 Å². The Labute approximate surface area is 215 Å². The van der Waals surface area contributed by atoms with Gasteiger partial charge in [-0.2, -0.15) is 11.3 Å². The van der Waals surface area contributed by atoms with Gasteiger partial charge in [0.2, 0.25) is 0 Å². The number of hydrogen-bond acceptors (Lipinski definition) is 7. The van der Waals surface area contributed by atoms with Gasteiger partial charge in [-0.15, -0.1) is 0 Å². The van der Waals surface area contributed by atoms with Crippen LogP contribution in [0.1, 0.15) is 10.4 Å². The maximum atomic E-state index is 12.5. The van der Waals surface area contributed by atoms with E-state index in [0.29, 0.717) is 17.7 Å². The van der Waals surface area contributed by atoms with Crippen molar-refractivity contribution in [3.8, 4) is 5.75 Å². The topological polar surface area (TPSA) is 75.7 Å². The summed E-state index contributed by atoms with van der Waals surface area (Å²) in [5.74, 6) is 1.42. The van der Waals surface area contributed by atoms with Crippen LogP contribution in [0.25, 0.3) is 21.7 Å². The Bertz CT molecular complexity index is 1340. The number of halogens is 1. The van der Waals surface area contributed by atoms with Crippen LogP contribution in [0.15, 0.2) is 47.2 Å². The largest absolute Gasteiger partial charge is 0.491 e. The number of ether oxygens (including phenoxy) is 2. The van der Waals surface area contributed by atoms with Crippen molar-refractivity contribution in [3.05, 3.63) is 56.3 Å². The Hall–Kier alpha value is -2.47. The van der Waals surface area contributed by atoms with Gasteiger partial charge in [0.05, 0.1) is 33.6 Å². The number of hydrogen-bond donors (Lipinski definition) is 2. The summed E-state index contributed by atoms with van der Waals surface area (Å²) in [6.07, 6.45) is 0. The number of para-hydroxylation sites is 1. The number of aromatic nitrogens is 1. The molecule has 0 unspecified atom stereocenters. The summed E-state index contributed by atoms with van der Waals surface area (Å²) < 4.78 is 12.5. The van der Waals surface area contributed by atoms with Crippen LogP contribution in [-0.2, 0) is 4.74 Å². The molecular weight excluding hydrogens is 563 g/mol. The molecule has 9 heteroatoms. The van der Waals surface area contributed by atoms with Gasteiger partial charge in [-0.1, -0.05) is 18.2 Å². The van der Waals surface area contributed by atoms with Crippen molar-refractivity contribution in [2.45, 2.75) is 0 Å². The smallest absolute Gasteiger partial charge is 0.253 e. The molecular formula is C25H25IN4O3S. The monoisotopic (exact) mass is 588 g/mol. The molecule has 0 saturated carbocycles. The lowest BCUT2D eigenvalue weighted by molar-refractivity contribution is 0.0322. The van der Waals surface area contributed by atoms with Crippen molar-refractivity contribution < 1.29 is 14.3 Å². The molecule has 3 heterocycles. The van der Waals surface area contributed by atoms with Crippen LogP contribution >= 0.6 is 33.9 Å². The molecule has 2 aromatic heterocycles. The second-order valence-corrected chi connectivity index (χ2v) is 9.81. The van der Waals surface area contributed by atoms with E-state index in [1.54, 1.807) is 18.4 Å². The molecule has 1 aliphatic heterocycles. The van der Waals surface area contributed by atoms with Crippen LogP contribution in [0.2, 0.25) is 0 Å². The number of carbonyl (C=O) groups is 1. The molecule has 34 heavy (non-hydrogen) atoms. The number of benzene rings is 2. The second-order valence-electron chi connectivity index (χ2n) is 7.99. The highest BCUT2D eigenvalue weighted by Gasteiger charge is 2.17. The molecule has 1 saturated heterocycles. The minimum absolute atomic E-state index is 0.149. The highest BCUT2D eigenvalue weighted by atomic mass is 127. The van der Waals surface area contributed by atoms with Crippen LogP contribution in [0.3, 0.4) is 0 Å². The molecule has 7 nitrogen and oxygen atoms in total. The van der Waals surface area contributed by atoms with Crippen LogP contribution in [0, 0.1) is 3.57 Å². The number of nitrogens with one attached hydrogen (secondary N) is 2. The van der Waals surface area contributed by atoms with Gasteiger partial charge in [-0.3, -0.25) is 9.69 Å². The first kappa shape index (κ1) is 23.3. The predicted octanol–water partition coefficient (Wildman–Crippen LogP) is 4.87. The first-order chi connectivity index (χ1) is 16.7. The Morgan fingerprint density at radius 1 is 1.15 bits per heavy atom. The van der Waals surface area contributed by atoms with Crippen molar-refractivity contribution in [1.82, 2.24) is 15.2 Å². The van der Waals surface area contributed by atoms with E-state index >= 15 is 0 Å². The third kappa shape index (κ3) is 4.70. The fraction of sp³-hybridized carbons (Fsp3) is 0.280. The lowest BCUT2D eigenvalue weighted by Gasteiger charge is -2.26. The minimum atomic E-state index is -0.149. The van der Waals surface area contributed by atoms with E-state index in [0.717, 1.165) is 69.8 Å². The number of amides is 1. The lowest BCUT2D eigenvalue weighted by atomic mass is 10.1. The number of carbonyl (C=O) groups excluding carboxylic acids is 1. The number of pyridine rings is 1. The van der Waals surface area contributed by atoms with Crippen LogP contribution in [0.4, 0.5) is 11.5 Å². The second kappa shape index (κ2) is 10.4. The van der Waals surface area contributed by atoms with Crippen molar-refractivity contribution in [1.29, 1.82) is 0 Å². The third-order valence-electron chi connectivity index (χ3n) is 5.92. The summed E-state index contributed by atoms with van der Waals surface area (Å²) in [6, 6.07) is 11.7. The Balaban J connectivity index is 1.44. The van der Waals surface area contributed by atoms with Crippen molar-refractivity contribution in [2.75, 3.05) is 51.8 Å². The first-order valence-corrected chi connectivity index (χ1v) is 13.2. The van der Waals surface area contributed by atoms with Gasteiger partial charge in [0.15, 0.2) is 0 Å². The number of thiophene rings is 1. The fourth-order valence-corrected chi connectivity index (χ4v) is 5.59. The molecule has 0 spiro atoms. The molecule has 0 aliphatic carbocycles. The molecule has 176 valence electrons. The Morgan fingerprint density at radius 3 is 2.76 bits per heavy atom. The molecule has 2 N–H and O–H groups in total. The van der Waals surface area contributed by atoms with E-state index < -0.39 is 0 Å². The maximum Gasteiger partial charge on any atom is 0.253 e. The fourth-order valence-electron chi connectivity index (χ4n) is 4.11. The first-order valence-electron chi connectivity index (χ1n) is 11.1. The molecule has 0 atom stereocenters. The van der Waals surface area contributed by atoms with Gasteiger partial charge in [0.25, 0.3) is 5.91 Å². The van der Waals surface area contributed by atoms with Gasteiger partial charge in [0, 0.05) is 48.2 Å². The highest BCUT2D eigenvalue weighted by Crippen LogP contribution is 2.37. The van der Waals surface area contributed by atoms with Gasteiger partial charge in [0.1, 0.15) is 18.2 Å². The minimum Gasteiger partial charge on any atom is -0.491 e. The SMILES string of the molecule is CNC(=O)c1cccc2c1nc(Nc1cccc(OCCN3CCOCC3)c1I)c1cscc12. The number of anilines is 2. The maximum absolute atomic E-state index is 12.5. The number of fused-ring (bicyclic) bond motifs is 3. The van der Waals surface area contributed by atoms with E-state index in [1.807, 2.05) is 36.4 Å². The zero-order valence-corrected chi connectivity index (χ0v) is 21.7. The molecule has 1 fully saturated rings. The Morgan fingerprint density at radius 2 is 1.94 bits per heavy atom. The molecule has 4 aromatic rings. The average molecular weight is 588 g/mol. The number of nitrogens with zero attached hydrogens (tertiary/aromatic N) is 2. The van der Waals surface area contributed by atoms with E-state index in [9.17, 15) is 4.79 Å². The number of rotatable bonds is 7. The molecule has 0 radical (unpaired) electrons. The van der Waals surface area contributed by atoms with Crippen molar-refractivity contribution in [3.63, 3.8) is 0 Å². The molecule has 1 amide bonds. The summed E-state index contributed by atoms with van der Waals surface area (Å²) in [6.45, 7) is 4.97. The summed E-state index contributed by atoms with van der Waals surface area (Å²) in [5, 5.41) is 13.5. The predicted molar refractivity (Wildman–Crippen MR) is 146 cm³/mol.